The molecule has 7 heteroatoms. The molecule has 0 saturated carbocycles. The van der Waals surface area contributed by atoms with E-state index in [-0.39, 0.29) is 12.3 Å². The van der Waals surface area contributed by atoms with Crippen molar-refractivity contribution in [1.29, 1.82) is 0 Å². The Kier molecular flexibility index (Phi) is 5.71. The molecular formula is C12H19FN2O3S. The number of halogens is 1. The maximum Gasteiger partial charge on any atom is 0.278 e. The number of ether oxygens (including phenoxy) is 1. The molecule has 1 aromatic carbocycles. The van der Waals surface area contributed by atoms with Crippen molar-refractivity contribution in [3.8, 4) is 5.75 Å². The lowest BCUT2D eigenvalue weighted by molar-refractivity contribution is 0.321. The minimum atomic E-state index is -3.43. The van der Waals surface area contributed by atoms with Crippen molar-refractivity contribution < 1.29 is 17.5 Å². The lowest BCUT2D eigenvalue weighted by Crippen LogP contribution is -2.36. The highest BCUT2D eigenvalue weighted by molar-refractivity contribution is 7.87. The Morgan fingerprint density at radius 2 is 2.05 bits per heavy atom. The van der Waals surface area contributed by atoms with Gasteiger partial charge in [0, 0.05) is 20.6 Å². The van der Waals surface area contributed by atoms with E-state index in [1.54, 1.807) is 19.1 Å². The molecule has 0 aliphatic carbocycles. The van der Waals surface area contributed by atoms with Gasteiger partial charge in [0.05, 0.1) is 6.61 Å². The maximum atomic E-state index is 13.6. The molecule has 19 heavy (non-hydrogen) atoms. The molecule has 0 heterocycles. The van der Waals surface area contributed by atoms with Gasteiger partial charge in [0.25, 0.3) is 10.2 Å². The molecule has 1 aromatic rings. The van der Waals surface area contributed by atoms with Crippen molar-refractivity contribution in [3.05, 3.63) is 29.6 Å². The standard InChI is InChI=1S/C12H19FN2O3S/c1-4-18-12-6-5-10(9-11(12)13)7-8-14-19(16,17)15(2)3/h5-6,9,14H,4,7-8H2,1-3H3. The van der Waals surface area contributed by atoms with E-state index >= 15 is 0 Å². The Morgan fingerprint density at radius 3 is 2.58 bits per heavy atom. The quantitative estimate of drug-likeness (QED) is 0.820. The van der Waals surface area contributed by atoms with Crippen LogP contribution >= 0.6 is 0 Å². The van der Waals surface area contributed by atoms with E-state index < -0.39 is 16.0 Å². The van der Waals surface area contributed by atoms with E-state index in [0.717, 1.165) is 4.31 Å². The Hall–Kier alpha value is -1.18. The molecular weight excluding hydrogens is 271 g/mol. The number of benzene rings is 1. The summed E-state index contributed by atoms with van der Waals surface area (Å²) in [5, 5.41) is 0. The Labute approximate surface area is 113 Å². The molecule has 0 amide bonds. The zero-order chi connectivity index (χ0) is 14.5. The molecule has 0 aromatic heterocycles. The summed E-state index contributed by atoms with van der Waals surface area (Å²) in [7, 11) is -0.544. The number of hydrogen-bond donors (Lipinski definition) is 1. The maximum absolute atomic E-state index is 13.6. The van der Waals surface area contributed by atoms with Crippen LogP contribution in [-0.2, 0) is 16.6 Å². The van der Waals surface area contributed by atoms with E-state index in [2.05, 4.69) is 4.72 Å². The van der Waals surface area contributed by atoms with Crippen molar-refractivity contribution in [2.24, 2.45) is 0 Å². The molecule has 0 unspecified atom stereocenters. The Morgan fingerprint density at radius 1 is 1.37 bits per heavy atom. The van der Waals surface area contributed by atoms with Crippen LogP contribution in [0.2, 0.25) is 0 Å². The van der Waals surface area contributed by atoms with Crippen molar-refractivity contribution in [2.75, 3.05) is 27.2 Å². The summed E-state index contributed by atoms with van der Waals surface area (Å²) in [5.41, 5.74) is 0.711. The van der Waals surface area contributed by atoms with E-state index in [1.807, 2.05) is 0 Å². The van der Waals surface area contributed by atoms with Gasteiger partial charge in [-0.15, -0.1) is 0 Å². The van der Waals surface area contributed by atoms with Crippen molar-refractivity contribution in [2.45, 2.75) is 13.3 Å². The van der Waals surface area contributed by atoms with Gasteiger partial charge in [-0.3, -0.25) is 0 Å². The second-order valence-electron chi connectivity index (χ2n) is 4.13. The van der Waals surface area contributed by atoms with Crippen LogP contribution in [0.25, 0.3) is 0 Å². The molecule has 0 fully saturated rings. The molecule has 0 atom stereocenters. The first-order valence-corrected chi connectivity index (χ1v) is 7.39. The van der Waals surface area contributed by atoms with Crippen LogP contribution in [-0.4, -0.2) is 40.0 Å². The summed E-state index contributed by atoms with van der Waals surface area (Å²) < 4.78 is 45.0. The monoisotopic (exact) mass is 290 g/mol. The van der Waals surface area contributed by atoms with Gasteiger partial charge in [-0.1, -0.05) is 6.07 Å². The molecule has 0 spiro atoms. The average molecular weight is 290 g/mol. The summed E-state index contributed by atoms with van der Waals surface area (Å²) in [4.78, 5) is 0. The molecule has 108 valence electrons. The summed E-state index contributed by atoms with van der Waals surface area (Å²) in [5.74, 6) is -0.227. The lowest BCUT2D eigenvalue weighted by atomic mass is 10.1. The summed E-state index contributed by atoms with van der Waals surface area (Å²) in [6, 6.07) is 4.63. The van der Waals surface area contributed by atoms with Crippen LogP contribution in [0, 0.1) is 5.82 Å². The average Bonchev–Trinajstić information content (AvgIpc) is 2.32. The Balaban J connectivity index is 2.57. The first-order valence-electron chi connectivity index (χ1n) is 5.95. The molecule has 1 N–H and O–H groups in total. The van der Waals surface area contributed by atoms with Gasteiger partial charge in [0.2, 0.25) is 0 Å². The van der Waals surface area contributed by atoms with Gasteiger partial charge in [-0.2, -0.15) is 12.7 Å². The molecule has 0 saturated heterocycles. The zero-order valence-electron chi connectivity index (χ0n) is 11.3. The van der Waals surface area contributed by atoms with E-state index in [1.165, 1.54) is 20.2 Å². The summed E-state index contributed by atoms with van der Waals surface area (Å²) >= 11 is 0. The van der Waals surface area contributed by atoms with Crippen molar-refractivity contribution in [3.63, 3.8) is 0 Å². The van der Waals surface area contributed by atoms with Gasteiger partial charge < -0.3 is 4.74 Å². The van der Waals surface area contributed by atoms with Crippen molar-refractivity contribution >= 4 is 10.2 Å². The number of nitrogens with zero attached hydrogens (tertiary/aromatic N) is 1. The largest absolute Gasteiger partial charge is 0.491 e. The normalized spacial score (nSPS) is 11.8. The fraction of sp³-hybridized carbons (Fsp3) is 0.500. The van der Waals surface area contributed by atoms with Crippen LogP contribution < -0.4 is 9.46 Å². The smallest absolute Gasteiger partial charge is 0.278 e. The predicted molar refractivity (Wildman–Crippen MR) is 71.9 cm³/mol. The second kappa shape index (κ2) is 6.83. The summed E-state index contributed by atoms with van der Waals surface area (Å²) in [6.45, 7) is 2.40. The predicted octanol–water partition coefficient (Wildman–Crippen LogP) is 1.16. The third-order valence-electron chi connectivity index (χ3n) is 2.47. The van der Waals surface area contributed by atoms with Gasteiger partial charge in [0.15, 0.2) is 11.6 Å². The lowest BCUT2D eigenvalue weighted by Gasteiger charge is -2.12. The highest BCUT2D eigenvalue weighted by atomic mass is 32.2. The highest BCUT2D eigenvalue weighted by Gasteiger charge is 2.12. The topological polar surface area (TPSA) is 58.6 Å². The van der Waals surface area contributed by atoms with Crippen LogP contribution in [0.15, 0.2) is 18.2 Å². The Bertz CT molecular complexity index is 518. The van der Waals surface area contributed by atoms with E-state index in [4.69, 9.17) is 4.74 Å². The third-order valence-corrected chi connectivity index (χ3v) is 4.01. The fourth-order valence-electron chi connectivity index (χ4n) is 1.43. The SMILES string of the molecule is CCOc1ccc(CCNS(=O)(=O)N(C)C)cc1F. The summed E-state index contributed by atoms with van der Waals surface area (Å²) in [6.07, 6.45) is 0.413. The van der Waals surface area contributed by atoms with Crippen LogP contribution in [0.5, 0.6) is 5.75 Å². The molecule has 0 bridgehead atoms. The third kappa shape index (κ3) is 4.77. The molecule has 0 radical (unpaired) electrons. The zero-order valence-corrected chi connectivity index (χ0v) is 12.1. The minimum absolute atomic E-state index is 0.208. The molecule has 1 rings (SSSR count). The highest BCUT2D eigenvalue weighted by Crippen LogP contribution is 2.18. The second-order valence-corrected chi connectivity index (χ2v) is 6.10. The first-order chi connectivity index (χ1) is 8.86. The minimum Gasteiger partial charge on any atom is -0.491 e. The molecule has 5 nitrogen and oxygen atoms in total. The number of hydrogen-bond acceptors (Lipinski definition) is 3. The molecule has 0 aliphatic heterocycles. The van der Waals surface area contributed by atoms with Crippen LogP contribution in [0.4, 0.5) is 4.39 Å². The van der Waals surface area contributed by atoms with Crippen molar-refractivity contribution in [1.82, 2.24) is 9.03 Å². The van der Waals surface area contributed by atoms with Gasteiger partial charge in [0.1, 0.15) is 0 Å². The van der Waals surface area contributed by atoms with E-state index in [0.29, 0.717) is 18.6 Å². The van der Waals surface area contributed by atoms with Gasteiger partial charge in [-0.25, -0.2) is 9.11 Å². The van der Waals surface area contributed by atoms with E-state index in [9.17, 15) is 12.8 Å². The fourth-order valence-corrected chi connectivity index (χ4v) is 2.04. The van der Waals surface area contributed by atoms with Gasteiger partial charge >= 0.3 is 0 Å². The number of rotatable bonds is 7. The van der Waals surface area contributed by atoms with Crippen LogP contribution in [0.1, 0.15) is 12.5 Å². The van der Waals surface area contributed by atoms with Crippen LogP contribution in [0.3, 0.4) is 0 Å². The first kappa shape index (κ1) is 15.9. The van der Waals surface area contributed by atoms with Gasteiger partial charge in [-0.05, 0) is 31.0 Å². The number of nitrogens with one attached hydrogen (secondary N) is 1. The molecule has 0 aliphatic rings.